The van der Waals surface area contributed by atoms with Crippen LogP contribution in [-0.2, 0) is 24.3 Å². The second-order valence-corrected chi connectivity index (χ2v) is 7.64. The predicted octanol–water partition coefficient (Wildman–Crippen LogP) is 1.01. The lowest BCUT2D eigenvalue weighted by Crippen LogP contribution is -2.42. The molecule has 0 aromatic heterocycles. The molecule has 0 N–H and O–H groups in total. The molecule has 0 saturated heterocycles. The van der Waals surface area contributed by atoms with Crippen LogP contribution in [-0.4, -0.2) is 57.4 Å². The molecule has 1 rings (SSSR count). The molecule has 0 amide bonds. The molecule has 1 aliphatic carbocycles. The molecule has 0 radical (unpaired) electrons. The molecular formula is C13H25NO5S. The highest BCUT2D eigenvalue weighted by Crippen LogP contribution is 2.33. The van der Waals surface area contributed by atoms with E-state index in [1.165, 1.54) is 18.5 Å². The third-order valence-corrected chi connectivity index (χ3v) is 6.01. The quantitative estimate of drug-likeness (QED) is 0.656. The van der Waals surface area contributed by atoms with Gasteiger partial charge >= 0.3 is 5.97 Å². The van der Waals surface area contributed by atoms with Gasteiger partial charge in [0.1, 0.15) is 0 Å². The Kier molecular flexibility index (Phi) is 6.42. The van der Waals surface area contributed by atoms with Gasteiger partial charge in [-0.25, -0.2) is 12.7 Å². The molecule has 1 aliphatic rings. The Hall–Kier alpha value is -0.660. The van der Waals surface area contributed by atoms with Crippen LogP contribution in [0.2, 0.25) is 0 Å². The third kappa shape index (κ3) is 4.17. The van der Waals surface area contributed by atoms with Crippen molar-refractivity contribution in [1.82, 2.24) is 4.31 Å². The molecule has 6 nitrogen and oxygen atoms in total. The average molecular weight is 307 g/mol. The minimum absolute atomic E-state index is 0.0698. The second kappa shape index (κ2) is 7.38. The fourth-order valence-electron chi connectivity index (χ4n) is 2.48. The van der Waals surface area contributed by atoms with Crippen molar-refractivity contribution < 1.29 is 22.7 Å². The number of carbonyl (C=O) groups excluding carboxylic acids is 1. The van der Waals surface area contributed by atoms with Crippen LogP contribution in [0.15, 0.2) is 0 Å². The van der Waals surface area contributed by atoms with E-state index < -0.39 is 27.2 Å². The van der Waals surface area contributed by atoms with Gasteiger partial charge in [0.2, 0.25) is 10.0 Å². The van der Waals surface area contributed by atoms with E-state index in [2.05, 4.69) is 0 Å². The van der Waals surface area contributed by atoms with Crippen molar-refractivity contribution in [2.45, 2.75) is 44.5 Å². The number of ether oxygens (including phenoxy) is 2. The lowest BCUT2D eigenvalue weighted by Gasteiger charge is -2.25. The Labute approximate surface area is 121 Å². The molecule has 118 valence electrons. The Morgan fingerprint density at radius 3 is 2.55 bits per heavy atom. The van der Waals surface area contributed by atoms with Crippen LogP contribution in [0, 0.1) is 5.92 Å². The van der Waals surface area contributed by atoms with E-state index in [0.717, 1.165) is 6.42 Å². The number of hydrogen-bond donors (Lipinski definition) is 0. The highest BCUT2D eigenvalue weighted by molar-refractivity contribution is 7.89. The lowest BCUT2D eigenvalue weighted by molar-refractivity contribution is -0.145. The van der Waals surface area contributed by atoms with Gasteiger partial charge in [-0.2, -0.15) is 0 Å². The number of sulfonamides is 1. The predicted molar refractivity (Wildman–Crippen MR) is 75.8 cm³/mol. The van der Waals surface area contributed by atoms with Crippen molar-refractivity contribution in [3.05, 3.63) is 0 Å². The largest absolute Gasteiger partial charge is 0.469 e. The van der Waals surface area contributed by atoms with Crippen LogP contribution in [0.1, 0.15) is 33.1 Å². The molecule has 0 bridgehead atoms. The Morgan fingerprint density at radius 2 is 2.00 bits per heavy atom. The molecule has 2 atom stereocenters. The molecule has 2 unspecified atom stereocenters. The van der Waals surface area contributed by atoms with Gasteiger partial charge in [0.15, 0.2) is 0 Å². The van der Waals surface area contributed by atoms with Crippen LogP contribution in [0.3, 0.4) is 0 Å². The van der Waals surface area contributed by atoms with Crippen LogP contribution < -0.4 is 0 Å². The van der Waals surface area contributed by atoms with Gasteiger partial charge in [-0.1, -0.05) is 6.42 Å². The molecule has 0 spiro atoms. The first-order valence-electron chi connectivity index (χ1n) is 6.95. The summed E-state index contributed by atoms with van der Waals surface area (Å²) in [7, 11) is -0.659. The topological polar surface area (TPSA) is 72.9 Å². The SMILES string of the molecule is COC(=O)C1CCCC1S(=O)(=O)N(C)CCOC(C)C. The summed E-state index contributed by atoms with van der Waals surface area (Å²) in [6, 6.07) is 0. The maximum atomic E-state index is 12.5. The monoisotopic (exact) mass is 307 g/mol. The molecule has 0 heterocycles. The van der Waals surface area contributed by atoms with Gasteiger partial charge in [0.05, 0.1) is 31.0 Å². The van der Waals surface area contributed by atoms with E-state index in [1.807, 2.05) is 13.8 Å². The summed E-state index contributed by atoms with van der Waals surface area (Å²) in [6.45, 7) is 4.45. The normalized spacial score (nSPS) is 23.5. The maximum Gasteiger partial charge on any atom is 0.310 e. The number of hydrogen-bond acceptors (Lipinski definition) is 5. The summed E-state index contributed by atoms with van der Waals surface area (Å²) in [5.74, 6) is -0.971. The number of nitrogens with zero attached hydrogens (tertiary/aromatic N) is 1. The van der Waals surface area contributed by atoms with Gasteiger partial charge in [0.25, 0.3) is 0 Å². The van der Waals surface area contributed by atoms with Crippen molar-refractivity contribution in [2.75, 3.05) is 27.3 Å². The van der Waals surface area contributed by atoms with E-state index in [4.69, 9.17) is 9.47 Å². The van der Waals surface area contributed by atoms with Crippen molar-refractivity contribution >= 4 is 16.0 Å². The number of esters is 1. The molecule has 0 aliphatic heterocycles. The fourth-order valence-corrected chi connectivity index (χ4v) is 4.40. The second-order valence-electron chi connectivity index (χ2n) is 5.39. The van der Waals surface area contributed by atoms with E-state index in [9.17, 15) is 13.2 Å². The number of rotatable bonds is 7. The van der Waals surface area contributed by atoms with Crippen LogP contribution in [0.4, 0.5) is 0 Å². The van der Waals surface area contributed by atoms with Crippen molar-refractivity contribution in [2.24, 2.45) is 5.92 Å². The molecule has 0 aromatic rings. The smallest absolute Gasteiger partial charge is 0.310 e. The van der Waals surface area contributed by atoms with E-state index in [0.29, 0.717) is 26.0 Å². The van der Waals surface area contributed by atoms with Crippen molar-refractivity contribution in [1.29, 1.82) is 0 Å². The Balaban J connectivity index is 2.69. The average Bonchev–Trinajstić information content (AvgIpc) is 2.87. The molecule has 0 aromatic carbocycles. The highest BCUT2D eigenvalue weighted by Gasteiger charge is 2.43. The highest BCUT2D eigenvalue weighted by atomic mass is 32.2. The van der Waals surface area contributed by atoms with Gasteiger partial charge in [0, 0.05) is 13.6 Å². The van der Waals surface area contributed by atoms with Gasteiger partial charge in [-0.05, 0) is 26.7 Å². The standard InChI is InChI=1S/C13H25NO5S/c1-10(2)19-9-8-14(3)20(16,17)12-7-5-6-11(12)13(15)18-4/h10-12H,5-9H2,1-4H3. The van der Waals surface area contributed by atoms with Gasteiger partial charge in [-0.15, -0.1) is 0 Å². The zero-order chi connectivity index (χ0) is 15.3. The summed E-state index contributed by atoms with van der Waals surface area (Å²) in [4.78, 5) is 11.7. The number of likely N-dealkylation sites (N-methyl/N-ethyl adjacent to an activating group) is 1. The molecule has 7 heteroatoms. The zero-order valence-corrected chi connectivity index (χ0v) is 13.5. The van der Waals surface area contributed by atoms with Crippen molar-refractivity contribution in [3.8, 4) is 0 Å². The molecule has 20 heavy (non-hydrogen) atoms. The molecule has 1 fully saturated rings. The summed E-state index contributed by atoms with van der Waals surface area (Å²) in [5.41, 5.74) is 0. The van der Waals surface area contributed by atoms with Crippen LogP contribution in [0.5, 0.6) is 0 Å². The molecular weight excluding hydrogens is 282 g/mol. The third-order valence-electron chi connectivity index (χ3n) is 3.63. The summed E-state index contributed by atoms with van der Waals surface area (Å²) >= 11 is 0. The van der Waals surface area contributed by atoms with Gasteiger partial charge < -0.3 is 9.47 Å². The summed E-state index contributed by atoms with van der Waals surface area (Å²) in [5, 5.41) is -0.668. The minimum Gasteiger partial charge on any atom is -0.469 e. The van der Waals surface area contributed by atoms with Crippen LogP contribution >= 0.6 is 0 Å². The Morgan fingerprint density at radius 1 is 1.35 bits per heavy atom. The minimum atomic E-state index is -3.49. The first-order valence-corrected chi connectivity index (χ1v) is 8.45. The summed E-state index contributed by atoms with van der Waals surface area (Å²) in [6.07, 6.45) is 1.89. The number of carbonyl (C=O) groups is 1. The lowest BCUT2D eigenvalue weighted by atomic mass is 10.1. The summed E-state index contributed by atoms with van der Waals surface area (Å²) < 4.78 is 36.4. The Bertz CT molecular complexity index is 420. The zero-order valence-electron chi connectivity index (χ0n) is 12.7. The van der Waals surface area contributed by atoms with E-state index >= 15 is 0 Å². The van der Waals surface area contributed by atoms with Crippen LogP contribution in [0.25, 0.3) is 0 Å². The maximum absolute atomic E-state index is 12.5. The van der Waals surface area contributed by atoms with Gasteiger partial charge in [-0.3, -0.25) is 4.79 Å². The fraction of sp³-hybridized carbons (Fsp3) is 0.923. The first kappa shape index (κ1) is 17.4. The van der Waals surface area contributed by atoms with Crippen molar-refractivity contribution in [3.63, 3.8) is 0 Å². The number of methoxy groups -OCH3 is 1. The van der Waals surface area contributed by atoms with E-state index in [-0.39, 0.29) is 6.10 Å². The molecule has 1 saturated carbocycles. The van der Waals surface area contributed by atoms with E-state index in [1.54, 1.807) is 0 Å². The first-order chi connectivity index (χ1) is 9.30.